The van der Waals surface area contributed by atoms with Gasteiger partial charge < -0.3 is 5.11 Å². The Bertz CT molecular complexity index is 221. The van der Waals surface area contributed by atoms with Crippen LogP contribution in [0.1, 0.15) is 32.6 Å². The zero-order valence-corrected chi connectivity index (χ0v) is 10.0. The SMILES string of the molecule is CC(O)CC1CCCCN1CCOC(F)(F)F. The predicted octanol–water partition coefficient (Wildman–Crippen LogP) is 2.15. The smallest absolute Gasteiger partial charge is 0.393 e. The molecule has 1 heterocycles. The number of piperidine rings is 1. The average molecular weight is 255 g/mol. The molecule has 1 rings (SSSR count). The number of rotatable bonds is 5. The van der Waals surface area contributed by atoms with Crippen LogP contribution >= 0.6 is 0 Å². The van der Waals surface area contributed by atoms with Gasteiger partial charge >= 0.3 is 6.36 Å². The van der Waals surface area contributed by atoms with E-state index in [1.54, 1.807) is 6.92 Å². The molecule has 0 saturated carbocycles. The molecule has 6 heteroatoms. The molecule has 2 atom stereocenters. The number of hydrogen-bond acceptors (Lipinski definition) is 3. The van der Waals surface area contributed by atoms with E-state index in [2.05, 4.69) is 4.74 Å². The van der Waals surface area contributed by atoms with Crippen LogP contribution in [0.15, 0.2) is 0 Å². The highest BCUT2D eigenvalue weighted by Gasteiger charge is 2.30. The third-order valence-corrected chi connectivity index (χ3v) is 3.01. The molecule has 0 spiro atoms. The summed E-state index contributed by atoms with van der Waals surface area (Å²) in [6.45, 7) is 2.44. The molecule has 0 aromatic rings. The van der Waals surface area contributed by atoms with Crippen LogP contribution in [0, 0.1) is 0 Å². The van der Waals surface area contributed by atoms with E-state index in [1.165, 1.54) is 0 Å². The molecule has 1 saturated heterocycles. The summed E-state index contributed by atoms with van der Waals surface area (Å²) < 4.78 is 39.3. The van der Waals surface area contributed by atoms with Gasteiger partial charge in [0.25, 0.3) is 0 Å². The lowest BCUT2D eigenvalue weighted by atomic mass is 9.97. The van der Waals surface area contributed by atoms with E-state index < -0.39 is 12.5 Å². The number of likely N-dealkylation sites (tertiary alicyclic amines) is 1. The molecule has 1 aliphatic rings. The molecule has 0 aliphatic carbocycles. The third kappa shape index (κ3) is 6.24. The molecule has 102 valence electrons. The average Bonchev–Trinajstić information content (AvgIpc) is 2.18. The highest BCUT2D eigenvalue weighted by molar-refractivity contribution is 4.78. The van der Waals surface area contributed by atoms with Crippen LogP contribution in [-0.4, -0.2) is 48.2 Å². The van der Waals surface area contributed by atoms with Crippen molar-refractivity contribution in [3.8, 4) is 0 Å². The molecule has 0 aromatic carbocycles. The van der Waals surface area contributed by atoms with Gasteiger partial charge in [0.2, 0.25) is 0 Å². The minimum absolute atomic E-state index is 0.181. The predicted molar refractivity (Wildman–Crippen MR) is 57.5 cm³/mol. The maximum Gasteiger partial charge on any atom is 0.522 e. The first-order valence-electron chi connectivity index (χ1n) is 6.01. The minimum atomic E-state index is -4.55. The fourth-order valence-electron chi connectivity index (χ4n) is 2.29. The fraction of sp³-hybridized carbons (Fsp3) is 1.00. The maximum absolute atomic E-state index is 11.8. The van der Waals surface area contributed by atoms with Crippen LogP contribution in [0.4, 0.5) is 13.2 Å². The van der Waals surface area contributed by atoms with Gasteiger partial charge in [0.15, 0.2) is 0 Å². The minimum Gasteiger partial charge on any atom is -0.393 e. The molecule has 0 bridgehead atoms. The zero-order chi connectivity index (χ0) is 12.9. The Kier molecular flexibility index (Phi) is 5.69. The number of alkyl halides is 3. The Balaban J connectivity index is 2.32. The Morgan fingerprint density at radius 1 is 1.41 bits per heavy atom. The monoisotopic (exact) mass is 255 g/mol. The standard InChI is InChI=1S/C11H20F3NO2/c1-9(16)8-10-4-2-3-5-15(10)6-7-17-11(12,13)14/h9-10,16H,2-8H2,1H3. The third-order valence-electron chi connectivity index (χ3n) is 3.01. The summed E-state index contributed by atoms with van der Waals surface area (Å²) in [7, 11) is 0. The molecule has 1 N–H and O–H groups in total. The van der Waals surface area contributed by atoms with E-state index in [0.29, 0.717) is 6.42 Å². The quantitative estimate of drug-likeness (QED) is 0.817. The van der Waals surface area contributed by atoms with E-state index in [1.807, 2.05) is 4.90 Å². The summed E-state index contributed by atoms with van der Waals surface area (Å²) in [4.78, 5) is 1.99. The lowest BCUT2D eigenvalue weighted by Crippen LogP contribution is -2.43. The van der Waals surface area contributed by atoms with Crippen LogP contribution in [0.2, 0.25) is 0 Å². The van der Waals surface area contributed by atoms with Crippen molar-refractivity contribution in [2.75, 3.05) is 19.7 Å². The fourth-order valence-corrected chi connectivity index (χ4v) is 2.29. The second-order valence-corrected chi connectivity index (χ2v) is 4.56. The van der Waals surface area contributed by atoms with Gasteiger partial charge in [-0.15, -0.1) is 13.2 Å². The molecule has 1 aliphatic heterocycles. The van der Waals surface area contributed by atoms with Gasteiger partial charge in [-0.25, -0.2) is 0 Å². The summed E-state index contributed by atoms with van der Waals surface area (Å²) in [5.41, 5.74) is 0. The lowest BCUT2D eigenvalue weighted by Gasteiger charge is -2.36. The molecule has 0 aromatic heterocycles. The Hall–Kier alpha value is -0.330. The van der Waals surface area contributed by atoms with Crippen molar-refractivity contribution in [3.63, 3.8) is 0 Å². The largest absolute Gasteiger partial charge is 0.522 e. The van der Waals surface area contributed by atoms with Gasteiger partial charge in [-0.3, -0.25) is 9.64 Å². The highest BCUT2D eigenvalue weighted by atomic mass is 19.4. The number of ether oxygens (including phenoxy) is 1. The van der Waals surface area contributed by atoms with Crippen LogP contribution in [0.25, 0.3) is 0 Å². The summed E-state index contributed by atoms with van der Waals surface area (Å²) in [6, 6.07) is 0.181. The van der Waals surface area contributed by atoms with E-state index in [9.17, 15) is 18.3 Å². The Morgan fingerprint density at radius 3 is 2.71 bits per heavy atom. The van der Waals surface area contributed by atoms with Gasteiger partial charge in [-0.2, -0.15) is 0 Å². The lowest BCUT2D eigenvalue weighted by molar-refractivity contribution is -0.325. The normalized spacial score (nSPS) is 24.9. The van der Waals surface area contributed by atoms with Crippen LogP contribution < -0.4 is 0 Å². The molecule has 17 heavy (non-hydrogen) atoms. The second kappa shape index (κ2) is 6.56. The molecule has 3 nitrogen and oxygen atoms in total. The van der Waals surface area contributed by atoms with Crippen molar-refractivity contribution < 1.29 is 23.0 Å². The van der Waals surface area contributed by atoms with E-state index in [4.69, 9.17) is 0 Å². The van der Waals surface area contributed by atoms with Gasteiger partial charge in [0.05, 0.1) is 12.7 Å². The molecular weight excluding hydrogens is 235 g/mol. The maximum atomic E-state index is 11.8. The molecule has 0 radical (unpaired) electrons. The summed E-state index contributed by atoms with van der Waals surface area (Å²) >= 11 is 0. The Morgan fingerprint density at radius 2 is 2.12 bits per heavy atom. The van der Waals surface area contributed by atoms with Gasteiger partial charge in [0.1, 0.15) is 0 Å². The van der Waals surface area contributed by atoms with Crippen LogP contribution in [0.5, 0.6) is 0 Å². The number of nitrogens with zero attached hydrogens (tertiary/aromatic N) is 1. The number of halogens is 3. The molecular formula is C11H20F3NO2. The molecule has 2 unspecified atom stereocenters. The van der Waals surface area contributed by atoms with E-state index in [0.717, 1.165) is 25.8 Å². The highest BCUT2D eigenvalue weighted by Crippen LogP contribution is 2.21. The first-order valence-corrected chi connectivity index (χ1v) is 6.01. The van der Waals surface area contributed by atoms with E-state index >= 15 is 0 Å². The van der Waals surface area contributed by atoms with Gasteiger partial charge in [-0.1, -0.05) is 6.42 Å². The van der Waals surface area contributed by atoms with Crippen molar-refractivity contribution in [1.82, 2.24) is 4.90 Å². The van der Waals surface area contributed by atoms with Crippen molar-refractivity contribution in [2.45, 2.75) is 51.1 Å². The molecule has 0 amide bonds. The van der Waals surface area contributed by atoms with Crippen molar-refractivity contribution >= 4 is 0 Å². The first kappa shape index (κ1) is 14.7. The topological polar surface area (TPSA) is 32.7 Å². The van der Waals surface area contributed by atoms with Crippen LogP contribution in [0.3, 0.4) is 0 Å². The number of hydrogen-bond donors (Lipinski definition) is 1. The van der Waals surface area contributed by atoms with Crippen molar-refractivity contribution in [2.24, 2.45) is 0 Å². The van der Waals surface area contributed by atoms with Gasteiger partial charge in [0, 0.05) is 12.6 Å². The Labute approximate surface area is 99.5 Å². The molecule has 1 fully saturated rings. The van der Waals surface area contributed by atoms with E-state index in [-0.39, 0.29) is 19.2 Å². The second-order valence-electron chi connectivity index (χ2n) is 4.56. The van der Waals surface area contributed by atoms with Crippen molar-refractivity contribution in [1.29, 1.82) is 0 Å². The summed E-state index contributed by atoms with van der Waals surface area (Å²) in [5.74, 6) is 0. The summed E-state index contributed by atoms with van der Waals surface area (Å²) in [6.07, 6.45) is -1.32. The van der Waals surface area contributed by atoms with Crippen molar-refractivity contribution in [3.05, 3.63) is 0 Å². The first-order chi connectivity index (χ1) is 7.88. The van der Waals surface area contributed by atoms with Gasteiger partial charge in [-0.05, 0) is 32.7 Å². The number of aliphatic hydroxyl groups excluding tert-OH is 1. The number of aliphatic hydroxyl groups is 1. The zero-order valence-electron chi connectivity index (χ0n) is 10.0. The van der Waals surface area contributed by atoms with Crippen LogP contribution in [-0.2, 0) is 4.74 Å². The summed E-state index contributed by atoms with van der Waals surface area (Å²) in [5, 5.41) is 9.34.